The van der Waals surface area contributed by atoms with Gasteiger partial charge in [-0.15, -0.1) is 0 Å². The molecule has 0 radical (unpaired) electrons. The minimum absolute atomic E-state index is 0.0416. The van der Waals surface area contributed by atoms with Crippen LogP contribution < -0.4 is 5.32 Å². The van der Waals surface area contributed by atoms with Crippen molar-refractivity contribution >= 4 is 25.5 Å². The number of hydrogen-bond donors (Lipinski definition) is 2. The van der Waals surface area contributed by atoms with Crippen molar-refractivity contribution in [3.05, 3.63) is 71.3 Å². The lowest BCUT2D eigenvalue weighted by molar-refractivity contribution is 0.0651. The first-order valence-electron chi connectivity index (χ1n) is 11.1. The van der Waals surface area contributed by atoms with Crippen molar-refractivity contribution < 1.29 is 33.1 Å². The highest BCUT2D eigenvalue weighted by Gasteiger charge is 2.35. The molecule has 9 nitrogen and oxygen atoms in total. The van der Waals surface area contributed by atoms with Crippen LogP contribution in [-0.2, 0) is 20.4 Å². The molecule has 1 aliphatic rings. The van der Waals surface area contributed by atoms with Gasteiger partial charge in [0.25, 0.3) is 11.8 Å². The molecule has 34 heavy (non-hydrogen) atoms. The fourth-order valence-corrected chi connectivity index (χ4v) is 4.78. The van der Waals surface area contributed by atoms with Crippen molar-refractivity contribution in [1.29, 1.82) is 0 Å². The SMILES string of the molecule is COP(=O)(O)C(CCCCCCN1C(=O)c2ccccc2C1=O)NC(=O)OCc1ccccc1. The second-order valence-corrected chi connectivity index (χ2v) is 10.1. The molecule has 0 saturated heterocycles. The van der Waals surface area contributed by atoms with Gasteiger partial charge in [0, 0.05) is 13.7 Å². The standard InChI is InChI=1S/C24H29N2O7P/c1-32-34(30,31)21(25-24(29)33-17-18-11-5-4-6-12-18)15-7-2-3-10-16-26-22(27)19-13-8-9-14-20(19)23(26)28/h4-6,8-9,11-14,21H,2-3,7,10,15-17H2,1H3,(H,25,29)(H,30,31). The number of ether oxygens (including phenoxy) is 1. The predicted octanol–water partition coefficient (Wildman–Crippen LogP) is 4.32. The molecule has 0 fully saturated rings. The zero-order valence-electron chi connectivity index (χ0n) is 19.0. The van der Waals surface area contributed by atoms with E-state index < -0.39 is 19.5 Å². The molecule has 182 valence electrons. The summed E-state index contributed by atoms with van der Waals surface area (Å²) in [6, 6.07) is 15.9. The van der Waals surface area contributed by atoms with Gasteiger partial charge >= 0.3 is 13.7 Å². The van der Waals surface area contributed by atoms with Crippen molar-refractivity contribution in [3.63, 3.8) is 0 Å². The highest BCUT2D eigenvalue weighted by molar-refractivity contribution is 7.53. The number of benzene rings is 2. The number of nitrogens with one attached hydrogen (secondary N) is 1. The Balaban J connectivity index is 1.40. The molecule has 10 heteroatoms. The maximum Gasteiger partial charge on any atom is 0.408 e. The maximum absolute atomic E-state index is 12.4. The molecule has 2 atom stereocenters. The van der Waals surface area contributed by atoms with E-state index in [2.05, 4.69) is 5.32 Å². The molecule has 0 saturated carbocycles. The lowest BCUT2D eigenvalue weighted by atomic mass is 10.1. The van der Waals surface area contributed by atoms with E-state index in [1.807, 2.05) is 18.2 Å². The Kier molecular flexibility index (Phi) is 8.98. The molecule has 1 heterocycles. The number of imide groups is 1. The van der Waals surface area contributed by atoms with Crippen molar-refractivity contribution in [2.24, 2.45) is 0 Å². The lowest BCUT2D eigenvalue weighted by Gasteiger charge is -2.22. The van der Waals surface area contributed by atoms with Gasteiger partial charge in [-0.25, -0.2) is 4.79 Å². The fourth-order valence-electron chi connectivity index (χ4n) is 3.75. The minimum Gasteiger partial charge on any atom is -0.445 e. The molecule has 0 bridgehead atoms. The molecule has 2 unspecified atom stereocenters. The zero-order chi connectivity index (χ0) is 24.6. The maximum atomic E-state index is 12.4. The van der Waals surface area contributed by atoms with Crippen LogP contribution in [0.15, 0.2) is 54.6 Å². The summed E-state index contributed by atoms with van der Waals surface area (Å²) in [5.41, 5.74) is 1.66. The number of alkyl carbamates (subject to hydrolysis) is 1. The summed E-state index contributed by atoms with van der Waals surface area (Å²) in [6.07, 6.45) is 1.97. The van der Waals surface area contributed by atoms with E-state index in [1.165, 1.54) is 4.90 Å². The smallest absolute Gasteiger partial charge is 0.408 e. The number of nitrogens with zero attached hydrogens (tertiary/aromatic N) is 1. The van der Waals surface area contributed by atoms with Crippen molar-refractivity contribution in [2.45, 2.75) is 44.5 Å². The Labute approximate surface area is 198 Å². The average Bonchev–Trinajstić information content (AvgIpc) is 3.09. The summed E-state index contributed by atoms with van der Waals surface area (Å²) < 4.78 is 22.2. The highest BCUT2D eigenvalue weighted by Crippen LogP contribution is 2.47. The topological polar surface area (TPSA) is 122 Å². The monoisotopic (exact) mass is 488 g/mol. The van der Waals surface area contributed by atoms with Crippen LogP contribution in [0, 0.1) is 0 Å². The molecule has 2 N–H and O–H groups in total. The van der Waals surface area contributed by atoms with Gasteiger partial charge in [0.05, 0.1) is 11.1 Å². The first-order chi connectivity index (χ1) is 16.3. The summed E-state index contributed by atoms with van der Waals surface area (Å²) in [6.45, 7) is 0.357. The van der Waals surface area contributed by atoms with Gasteiger partial charge in [-0.2, -0.15) is 0 Å². The molecule has 2 aromatic rings. The van der Waals surface area contributed by atoms with Crippen LogP contribution >= 0.6 is 7.60 Å². The van der Waals surface area contributed by atoms with Crippen LogP contribution in [0.2, 0.25) is 0 Å². The Morgan fingerprint density at radius 2 is 1.56 bits per heavy atom. The molecule has 2 aromatic carbocycles. The number of rotatable bonds is 12. The Morgan fingerprint density at radius 3 is 2.18 bits per heavy atom. The second-order valence-electron chi connectivity index (χ2n) is 7.98. The van der Waals surface area contributed by atoms with Gasteiger partial charge in [0.1, 0.15) is 12.4 Å². The molecule has 3 amide bonds. The number of fused-ring (bicyclic) bond motifs is 1. The van der Waals surface area contributed by atoms with E-state index in [9.17, 15) is 23.8 Å². The van der Waals surface area contributed by atoms with Crippen LogP contribution in [0.1, 0.15) is 58.4 Å². The van der Waals surface area contributed by atoms with E-state index in [-0.39, 0.29) is 24.8 Å². The van der Waals surface area contributed by atoms with Gasteiger partial charge in [0.2, 0.25) is 0 Å². The predicted molar refractivity (Wildman–Crippen MR) is 125 cm³/mol. The summed E-state index contributed by atoms with van der Waals surface area (Å²) in [7, 11) is -2.95. The normalized spacial score (nSPS) is 15.5. The Hall–Kier alpha value is -3.00. The summed E-state index contributed by atoms with van der Waals surface area (Å²) in [4.78, 5) is 48.3. The van der Waals surface area contributed by atoms with Gasteiger partial charge in [-0.05, 0) is 30.5 Å². The second kappa shape index (κ2) is 11.9. The minimum atomic E-state index is -4.07. The number of amides is 3. The third-order valence-electron chi connectivity index (χ3n) is 5.64. The van der Waals surface area contributed by atoms with Gasteiger partial charge < -0.3 is 19.5 Å². The first kappa shape index (κ1) is 25.6. The van der Waals surface area contributed by atoms with Crippen molar-refractivity contribution in [2.75, 3.05) is 13.7 Å². The van der Waals surface area contributed by atoms with Crippen molar-refractivity contribution in [3.8, 4) is 0 Å². The van der Waals surface area contributed by atoms with Crippen LogP contribution in [0.25, 0.3) is 0 Å². The van der Waals surface area contributed by atoms with Gasteiger partial charge in [-0.3, -0.25) is 19.1 Å². The van der Waals surface area contributed by atoms with Crippen molar-refractivity contribution in [1.82, 2.24) is 10.2 Å². The van der Waals surface area contributed by atoms with E-state index in [0.717, 1.165) is 12.7 Å². The molecular weight excluding hydrogens is 459 g/mol. The van der Waals surface area contributed by atoms with Crippen LogP contribution in [0.4, 0.5) is 4.79 Å². The molecule has 1 aliphatic heterocycles. The average molecular weight is 488 g/mol. The third kappa shape index (κ3) is 6.53. The van der Waals surface area contributed by atoms with E-state index in [4.69, 9.17) is 9.26 Å². The summed E-state index contributed by atoms with van der Waals surface area (Å²) in [5, 5.41) is 2.44. The largest absolute Gasteiger partial charge is 0.445 e. The van der Waals surface area contributed by atoms with Gasteiger partial charge in [-0.1, -0.05) is 61.7 Å². The molecule has 0 aromatic heterocycles. The summed E-state index contributed by atoms with van der Waals surface area (Å²) >= 11 is 0. The molecule has 0 spiro atoms. The Morgan fingerprint density at radius 1 is 0.971 bits per heavy atom. The van der Waals surface area contributed by atoms with Gasteiger partial charge in [0.15, 0.2) is 0 Å². The molecule has 3 rings (SSSR count). The highest BCUT2D eigenvalue weighted by atomic mass is 31.2. The van der Waals surface area contributed by atoms with Crippen LogP contribution in [0.5, 0.6) is 0 Å². The molecule has 0 aliphatic carbocycles. The lowest BCUT2D eigenvalue weighted by Crippen LogP contribution is -2.35. The fraction of sp³-hybridized carbons (Fsp3) is 0.375. The number of carbonyl (C=O) groups is 3. The quantitative estimate of drug-likeness (QED) is 0.259. The van der Waals surface area contributed by atoms with Crippen LogP contribution in [-0.4, -0.2) is 47.1 Å². The Bertz CT molecular complexity index is 1030. The number of carbonyl (C=O) groups excluding carboxylic acids is 3. The third-order valence-corrected chi connectivity index (χ3v) is 7.34. The number of unbranched alkanes of at least 4 members (excludes halogenated alkanes) is 3. The zero-order valence-corrected chi connectivity index (χ0v) is 19.9. The van der Waals surface area contributed by atoms with E-state index in [0.29, 0.717) is 43.4 Å². The van der Waals surface area contributed by atoms with E-state index in [1.54, 1.807) is 36.4 Å². The number of hydrogen-bond acceptors (Lipinski definition) is 6. The summed E-state index contributed by atoms with van der Waals surface area (Å²) in [5.74, 6) is -1.66. The first-order valence-corrected chi connectivity index (χ1v) is 12.8. The van der Waals surface area contributed by atoms with Crippen LogP contribution in [0.3, 0.4) is 0 Å². The van der Waals surface area contributed by atoms with E-state index >= 15 is 0 Å². The molecular formula is C24H29N2O7P.